The predicted octanol–water partition coefficient (Wildman–Crippen LogP) is 2.04. The van der Waals surface area contributed by atoms with Crippen molar-refractivity contribution in [2.45, 2.75) is 25.3 Å². The first kappa shape index (κ1) is 20.6. The minimum absolute atomic E-state index is 0.111. The number of anilines is 1. The zero-order valence-electron chi connectivity index (χ0n) is 16.1. The predicted molar refractivity (Wildman–Crippen MR) is 107 cm³/mol. The van der Waals surface area contributed by atoms with Crippen LogP contribution in [0, 0.1) is 0 Å². The molecule has 1 aliphatic heterocycles. The highest BCUT2D eigenvalue weighted by Crippen LogP contribution is 2.28. The fourth-order valence-corrected chi connectivity index (χ4v) is 3.55. The zero-order valence-corrected chi connectivity index (χ0v) is 17.0. The Morgan fingerprint density at radius 3 is 2.76 bits per heavy atom. The summed E-state index contributed by atoms with van der Waals surface area (Å²) in [5.41, 5.74) is 0.912. The molecule has 0 spiro atoms. The third-order valence-electron chi connectivity index (χ3n) is 4.52. The SMILES string of the molecule is COc1ccc(CCN2C(=O)N[C@@H](CCC(=O)Nc3nccs3)C2=O)cc1OC. The number of amides is 4. The van der Waals surface area contributed by atoms with Gasteiger partial charge in [0.25, 0.3) is 5.91 Å². The first-order valence-electron chi connectivity index (χ1n) is 9.04. The third kappa shape index (κ3) is 5.02. The molecule has 154 valence electrons. The van der Waals surface area contributed by atoms with E-state index in [1.807, 2.05) is 12.1 Å². The Hall–Kier alpha value is -3.14. The molecule has 9 nitrogen and oxygen atoms in total. The molecule has 0 aliphatic carbocycles. The van der Waals surface area contributed by atoms with Crippen LogP contribution in [-0.4, -0.2) is 54.5 Å². The molecule has 1 aliphatic rings. The van der Waals surface area contributed by atoms with Crippen molar-refractivity contribution >= 4 is 34.3 Å². The minimum Gasteiger partial charge on any atom is -0.493 e. The number of imide groups is 1. The van der Waals surface area contributed by atoms with E-state index < -0.39 is 12.1 Å². The van der Waals surface area contributed by atoms with E-state index >= 15 is 0 Å². The summed E-state index contributed by atoms with van der Waals surface area (Å²) in [7, 11) is 3.11. The minimum atomic E-state index is -0.699. The molecule has 29 heavy (non-hydrogen) atoms. The third-order valence-corrected chi connectivity index (χ3v) is 5.21. The summed E-state index contributed by atoms with van der Waals surface area (Å²) in [5.74, 6) is 0.636. The summed E-state index contributed by atoms with van der Waals surface area (Å²) in [6.45, 7) is 0.238. The van der Waals surface area contributed by atoms with E-state index in [1.165, 1.54) is 16.2 Å². The molecule has 1 aromatic heterocycles. The van der Waals surface area contributed by atoms with Crippen LogP contribution in [0.5, 0.6) is 11.5 Å². The topological polar surface area (TPSA) is 110 Å². The quantitative estimate of drug-likeness (QED) is 0.603. The number of nitrogens with one attached hydrogen (secondary N) is 2. The van der Waals surface area contributed by atoms with Crippen molar-refractivity contribution < 1.29 is 23.9 Å². The molecule has 4 amide bonds. The molecule has 1 aromatic carbocycles. The van der Waals surface area contributed by atoms with E-state index in [1.54, 1.807) is 31.9 Å². The molecule has 0 unspecified atom stereocenters. The van der Waals surface area contributed by atoms with E-state index in [4.69, 9.17) is 9.47 Å². The van der Waals surface area contributed by atoms with Crippen LogP contribution in [-0.2, 0) is 16.0 Å². The molecule has 0 bridgehead atoms. The highest BCUT2D eigenvalue weighted by molar-refractivity contribution is 7.13. The lowest BCUT2D eigenvalue weighted by molar-refractivity contribution is -0.127. The standard InChI is InChI=1S/C19H22N4O5S/c1-27-14-5-3-12(11-15(14)28-2)7-9-23-17(25)13(21-19(23)26)4-6-16(24)22-18-20-8-10-29-18/h3,5,8,10-11,13H,4,6-7,9H2,1-2H3,(H,21,26)(H,20,22,24)/t13-/m0/s1. The second-order valence-corrected chi connectivity index (χ2v) is 7.25. The van der Waals surface area contributed by atoms with E-state index in [9.17, 15) is 14.4 Å². The second-order valence-electron chi connectivity index (χ2n) is 6.36. The molecule has 0 saturated carbocycles. The molecular formula is C19H22N4O5S. The molecule has 2 heterocycles. The molecule has 1 saturated heterocycles. The number of benzene rings is 1. The zero-order chi connectivity index (χ0) is 20.8. The maximum atomic E-state index is 12.5. The first-order valence-corrected chi connectivity index (χ1v) is 9.92. The summed E-state index contributed by atoms with van der Waals surface area (Å²) in [6.07, 6.45) is 2.42. The fourth-order valence-electron chi connectivity index (χ4n) is 3.00. The van der Waals surface area contributed by atoms with Crippen molar-refractivity contribution in [2.24, 2.45) is 0 Å². The van der Waals surface area contributed by atoms with Gasteiger partial charge in [-0.3, -0.25) is 14.5 Å². The maximum absolute atomic E-state index is 12.5. The van der Waals surface area contributed by atoms with E-state index in [-0.39, 0.29) is 31.2 Å². The van der Waals surface area contributed by atoms with Gasteiger partial charge in [0.05, 0.1) is 14.2 Å². The van der Waals surface area contributed by atoms with Crippen molar-refractivity contribution in [1.29, 1.82) is 0 Å². The van der Waals surface area contributed by atoms with Crippen LogP contribution in [0.1, 0.15) is 18.4 Å². The molecule has 10 heteroatoms. The van der Waals surface area contributed by atoms with Gasteiger partial charge in [0, 0.05) is 24.5 Å². The van der Waals surface area contributed by atoms with Crippen LogP contribution in [0.4, 0.5) is 9.93 Å². The number of nitrogens with zero attached hydrogens (tertiary/aromatic N) is 2. The Balaban J connectivity index is 1.51. The van der Waals surface area contributed by atoms with Crippen LogP contribution in [0.15, 0.2) is 29.8 Å². The van der Waals surface area contributed by atoms with Gasteiger partial charge in [0.15, 0.2) is 16.6 Å². The number of rotatable bonds is 9. The van der Waals surface area contributed by atoms with Gasteiger partial charge in [-0.25, -0.2) is 9.78 Å². The van der Waals surface area contributed by atoms with E-state index in [2.05, 4.69) is 15.6 Å². The van der Waals surface area contributed by atoms with Crippen LogP contribution in [0.2, 0.25) is 0 Å². The highest BCUT2D eigenvalue weighted by atomic mass is 32.1. The number of thiazole rings is 1. The van der Waals surface area contributed by atoms with Crippen molar-refractivity contribution in [2.75, 3.05) is 26.1 Å². The number of hydrogen-bond donors (Lipinski definition) is 2. The molecular weight excluding hydrogens is 396 g/mol. The second kappa shape index (κ2) is 9.37. The molecule has 1 atom stereocenters. The average Bonchev–Trinajstić information content (AvgIpc) is 3.32. The van der Waals surface area contributed by atoms with Gasteiger partial charge in [0.1, 0.15) is 6.04 Å². The van der Waals surface area contributed by atoms with E-state index in [0.29, 0.717) is 23.1 Å². The first-order chi connectivity index (χ1) is 14.0. The Morgan fingerprint density at radius 2 is 2.07 bits per heavy atom. The maximum Gasteiger partial charge on any atom is 0.324 e. The normalized spacial score (nSPS) is 15.9. The van der Waals surface area contributed by atoms with Crippen LogP contribution < -0.4 is 20.1 Å². The van der Waals surface area contributed by atoms with Crippen molar-refractivity contribution in [1.82, 2.24) is 15.2 Å². The molecule has 2 aromatic rings. The number of methoxy groups -OCH3 is 2. The molecule has 3 rings (SSSR count). The van der Waals surface area contributed by atoms with Gasteiger partial charge in [-0.05, 0) is 30.5 Å². The van der Waals surface area contributed by atoms with Gasteiger partial charge < -0.3 is 20.1 Å². The Labute approximate surface area is 172 Å². The number of urea groups is 1. The molecule has 2 N–H and O–H groups in total. The van der Waals surface area contributed by atoms with Gasteiger partial charge in [-0.1, -0.05) is 6.07 Å². The lowest BCUT2D eigenvalue weighted by Crippen LogP contribution is -2.33. The molecule has 1 fully saturated rings. The monoisotopic (exact) mass is 418 g/mol. The van der Waals surface area contributed by atoms with Crippen molar-refractivity contribution in [3.05, 3.63) is 35.3 Å². The van der Waals surface area contributed by atoms with Crippen molar-refractivity contribution in [3.8, 4) is 11.5 Å². The number of ether oxygens (including phenoxy) is 2. The number of aromatic nitrogens is 1. The number of hydrogen-bond acceptors (Lipinski definition) is 7. The largest absolute Gasteiger partial charge is 0.493 e. The summed E-state index contributed by atoms with van der Waals surface area (Å²) >= 11 is 1.32. The number of carbonyl (C=O) groups excluding carboxylic acids is 3. The highest BCUT2D eigenvalue weighted by Gasteiger charge is 2.37. The summed E-state index contributed by atoms with van der Waals surface area (Å²) in [5, 5.41) is 7.57. The van der Waals surface area contributed by atoms with Gasteiger partial charge >= 0.3 is 6.03 Å². The summed E-state index contributed by atoms with van der Waals surface area (Å²) < 4.78 is 10.5. The lowest BCUT2D eigenvalue weighted by atomic mass is 10.1. The van der Waals surface area contributed by atoms with Crippen LogP contribution >= 0.6 is 11.3 Å². The average molecular weight is 418 g/mol. The smallest absolute Gasteiger partial charge is 0.324 e. The van der Waals surface area contributed by atoms with Gasteiger partial charge in [-0.2, -0.15) is 0 Å². The fraction of sp³-hybridized carbons (Fsp3) is 0.368. The Kier molecular flexibility index (Phi) is 6.65. The van der Waals surface area contributed by atoms with Crippen molar-refractivity contribution in [3.63, 3.8) is 0 Å². The Morgan fingerprint density at radius 1 is 1.28 bits per heavy atom. The van der Waals surface area contributed by atoms with Gasteiger partial charge in [0.2, 0.25) is 5.91 Å². The number of carbonyl (C=O) groups is 3. The van der Waals surface area contributed by atoms with E-state index in [0.717, 1.165) is 5.56 Å². The summed E-state index contributed by atoms with van der Waals surface area (Å²) in [4.78, 5) is 41.8. The van der Waals surface area contributed by atoms with Crippen LogP contribution in [0.25, 0.3) is 0 Å². The van der Waals surface area contributed by atoms with Gasteiger partial charge in [-0.15, -0.1) is 11.3 Å². The van der Waals surface area contributed by atoms with Crippen LogP contribution in [0.3, 0.4) is 0 Å². The summed E-state index contributed by atoms with van der Waals surface area (Å²) in [6, 6.07) is 4.32. The lowest BCUT2D eigenvalue weighted by Gasteiger charge is -2.14. The molecule has 0 radical (unpaired) electrons. The Bertz CT molecular complexity index is 887.